The van der Waals surface area contributed by atoms with Gasteiger partial charge in [-0.3, -0.25) is 4.79 Å². The van der Waals surface area contributed by atoms with E-state index in [1.807, 2.05) is 32.0 Å². The summed E-state index contributed by atoms with van der Waals surface area (Å²) < 4.78 is 0. The van der Waals surface area contributed by atoms with E-state index in [2.05, 4.69) is 15.3 Å². The minimum atomic E-state index is -0.270. The van der Waals surface area contributed by atoms with Crippen LogP contribution in [-0.2, 0) is 11.3 Å². The molecule has 3 rings (SSSR count). The van der Waals surface area contributed by atoms with Crippen molar-refractivity contribution in [2.75, 3.05) is 0 Å². The van der Waals surface area contributed by atoms with Crippen LogP contribution in [0, 0.1) is 6.92 Å². The first-order chi connectivity index (χ1) is 11.0. The number of H-pyrrole nitrogens is 1. The second-order valence-electron chi connectivity index (χ2n) is 5.70. The molecule has 2 aromatic carbocycles. The standard InChI is InChI=1S/C18H19N3O2/c1-11(14-4-6-15(22)7-5-14)18(23)19-10-13-3-8-16-17(9-13)21-12(2)20-16/h3-9,11,22H,10H2,1-2H3,(H,19,23)(H,20,21). The predicted octanol–water partition coefficient (Wildman–Crippen LogP) is 3.00. The van der Waals surface area contributed by atoms with Gasteiger partial charge in [0.2, 0.25) is 5.91 Å². The fourth-order valence-corrected chi connectivity index (χ4v) is 2.55. The summed E-state index contributed by atoms with van der Waals surface area (Å²) in [5.41, 5.74) is 3.79. The van der Waals surface area contributed by atoms with Gasteiger partial charge in [0.1, 0.15) is 11.6 Å². The van der Waals surface area contributed by atoms with Crippen molar-refractivity contribution in [2.24, 2.45) is 0 Å². The summed E-state index contributed by atoms with van der Waals surface area (Å²) in [6.45, 7) is 4.24. The van der Waals surface area contributed by atoms with E-state index in [1.165, 1.54) is 0 Å². The van der Waals surface area contributed by atoms with Gasteiger partial charge in [0.25, 0.3) is 0 Å². The van der Waals surface area contributed by atoms with Crippen molar-refractivity contribution in [3.63, 3.8) is 0 Å². The molecule has 1 aromatic heterocycles. The van der Waals surface area contributed by atoms with Gasteiger partial charge >= 0.3 is 0 Å². The van der Waals surface area contributed by atoms with E-state index in [-0.39, 0.29) is 17.6 Å². The quantitative estimate of drug-likeness (QED) is 0.693. The maximum Gasteiger partial charge on any atom is 0.227 e. The number of benzene rings is 2. The number of rotatable bonds is 4. The molecule has 0 saturated carbocycles. The lowest BCUT2D eigenvalue weighted by molar-refractivity contribution is -0.122. The molecule has 23 heavy (non-hydrogen) atoms. The molecule has 118 valence electrons. The highest BCUT2D eigenvalue weighted by molar-refractivity contribution is 5.83. The number of fused-ring (bicyclic) bond motifs is 1. The maximum atomic E-state index is 12.3. The van der Waals surface area contributed by atoms with E-state index in [1.54, 1.807) is 24.3 Å². The van der Waals surface area contributed by atoms with Crippen molar-refractivity contribution in [3.05, 3.63) is 59.4 Å². The van der Waals surface area contributed by atoms with Crippen LogP contribution in [0.5, 0.6) is 5.75 Å². The van der Waals surface area contributed by atoms with Crippen molar-refractivity contribution < 1.29 is 9.90 Å². The average molecular weight is 309 g/mol. The molecule has 1 atom stereocenters. The largest absolute Gasteiger partial charge is 0.508 e. The van der Waals surface area contributed by atoms with Gasteiger partial charge in [0.05, 0.1) is 17.0 Å². The molecule has 1 amide bonds. The minimum Gasteiger partial charge on any atom is -0.508 e. The third-order valence-corrected chi connectivity index (χ3v) is 3.92. The molecule has 0 fully saturated rings. The molecule has 0 radical (unpaired) electrons. The number of phenolic OH excluding ortho intramolecular Hbond substituents is 1. The summed E-state index contributed by atoms with van der Waals surface area (Å²) in [7, 11) is 0. The number of aromatic nitrogens is 2. The summed E-state index contributed by atoms with van der Waals surface area (Å²) >= 11 is 0. The zero-order valence-electron chi connectivity index (χ0n) is 13.1. The number of carbonyl (C=O) groups excluding carboxylic acids is 1. The third kappa shape index (κ3) is 3.34. The molecular formula is C18H19N3O2. The Hall–Kier alpha value is -2.82. The van der Waals surface area contributed by atoms with Crippen molar-refractivity contribution in [1.82, 2.24) is 15.3 Å². The van der Waals surface area contributed by atoms with Gasteiger partial charge in [-0.05, 0) is 49.2 Å². The second kappa shape index (κ2) is 6.12. The average Bonchev–Trinajstić information content (AvgIpc) is 2.92. The summed E-state index contributed by atoms with van der Waals surface area (Å²) in [5.74, 6) is 0.761. The number of amides is 1. The van der Waals surface area contributed by atoms with Crippen molar-refractivity contribution in [2.45, 2.75) is 26.3 Å². The van der Waals surface area contributed by atoms with Gasteiger partial charge in [0, 0.05) is 6.54 Å². The summed E-state index contributed by atoms with van der Waals surface area (Å²) in [6.07, 6.45) is 0. The molecule has 5 nitrogen and oxygen atoms in total. The third-order valence-electron chi connectivity index (χ3n) is 3.92. The summed E-state index contributed by atoms with van der Waals surface area (Å²) in [4.78, 5) is 19.8. The molecule has 0 bridgehead atoms. The lowest BCUT2D eigenvalue weighted by Crippen LogP contribution is -2.27. The van der Waals surface area contributed by atoms with E-state index in [0.717, 1.165) is 28.0 Å². The van der Waals surface area contributed by atoms with Crippen LogP contribution in [0.4, 0.5) is 0 Å². The van der Waals surface area contributed by atoms with E-state index < -0.39 is 0 Å². The first-order valence-electron chi connectivity index (χ1n) is 7.55. The van der Waals surface area contributed by atoms with Crippen molar-refractivity contribution >= 4 is 16.9 Å². The number of hydrogen-bond acceptors (Lipinski definition) is 3. The fraction of sp³-hybridized carbons (Fsp3) is 0.222. The van der Waals surface area contributed by atoms with Gasteiger partial charge in [0.15, 0.2) is 0 Å². The summed E-state index contributed by atoms with van der Waals surface area (Å²) in [5, 5.41) is 12.3. The van der Waals surface area contributed by atoms with Crippen LogP contribution < -0.4 is 5.32 Å². The normalized spacial score (nSPS) is 12.3. The van der Waals surface area contributed by atoms with E-state index in [9.17, 15) is 9.90 Å². The Morgan fingerprint density at radius 3 is 2.74 bits per heavy atom. The van der Waals surface area contributed by atoms with Crippen LogP contribution in [0.3, 0.4) is 0 Å². The smallest absolute Gasteiger partial charge is 0.227 e. The van der Waals surface area contributed by atoms with Crippen LogP contribution in [0.1, 0.15) is 29.8 Å². The number of imidazole rings is 1. The van der Waals surface area contributed by atoms with Crippen LogP contribution in [0.25, 0.3) is 11.0 Å². The van der Waals surface area contributed by atoms with E-state index in [4.69, 9.17) is 0 Å². The lowest BCUT2D eigenvalue weighted by atomic mass is 10.0. The second-order valence-corrected chi connectivity index (χ2v) is 5.70. The predicted molar refractivity (Wildman–Crippen MR) is 89.2 cm³/mol. The number of nitrogens with zero attached hydrogens (tertiary/aromatic N) is 1. The van der Waals surface area contributed by atoms with Crippen LogP contribution in [0.15, 0.2) is 42.5 Å². The Bertz CT molecular complexity index is 837. The SMILES string of the molecule is Cc1nc2ccc(CNC(=O)C(C)c3ccc(O)cc3)cc2[nH]1. The molecule has 0 aliphatic carbocycles. The van der Waals surface area contributed by atoms with E-state index in [0.29, 0.717) is 6.54 Å². The number of aromatic amines is 1. The molecular weight excluding hydrogens is 290 g/mol. The first-order valence-corrected chi connectivity index (χ1v) is 7.55. The molecule has 3 N–H and O–H groups in total. The molecule has 0 aliphatic rings. The maximum absolute atomic E-state index is 12.3. The number of nitrogens with one attached hydrogen (secondary N) is 2. The number of carbonyl (C=O) groups is 1. The Morgan fingerprint density at radius 1 is 1.26 bits per heavy atom. The zero-order chi connectivity index (χ0) is 16.4. The Morgan fingerprint density at radius 2 is 2.00 bits per heavy atom. The van der Waals surface area contributed by atoms with Crippen molar-refractivity contribution in [3.8, 4) is 5.75 Å². The van der Waals surface area contributed by atoms with Crippen LogP contribution in [-0.4, -0.2) is 21.0 Å². The zero-order valence-corrected chi connectivity index (χ0v) is 13.1. The Kier molecular flexibility index (Phi) is 4.02. The molecule has 3 aromatic rings. The monoisotopic (exact) mass is 309 g/mol. The minimum absolute atomic E-state index is 0.0448. The molecule has 1 heterocycles. The summed E-state index contributed by atoms with van der Waals surface area (Å²) in [6, 6.07) is 12.6. The lowest BCUT2D eigenvalue weighted by Gasteiger charge is -2.12. The van der Waals surface area contributed by atoms with Gasteiger partial charge in [-0.1, -0.05) is 18.2 Å². The van der Waals surface area contributed by atoms with Crippen molar-refractivity contribution in [1.29, 1.82) is 0 Å². The van der Waals surface area contributed by atoms with E-state index >= 15 is 0 Å². The van der Waals surface area contributed by atoms with Gasteiger partial charge in [-0.2, -0.15) is 0 Å². The molecule has 5 heteroatoms. The van der Waals surface area contributed by atoms with Gasteiger partial charge < -0.3 is 15.4 Å². The highest BCUT2D eigenvalue weighted by Gasteiger charge is 2.14. The van der Waals surface area contributed by atoms with Crippen LogP contribution in [0.2, 0.25) is 0 Å². The molecule has 1 unspecified atom stereocenters. The Labute approximate surface area is 134 Å². The highest BCUT2D eigenvalue weighted by Crippen LogP contribution is 2.19. The number of aryl methyl sites for hydroxylation is 1. The topological polar surface area (TPSA) is 78.0 Å². The molecule has 0 aliphatic heterocycles. The van der Waals surface area contributed by atoms with Gasteiger partial charge in [-0.25, -0.2) is 4.98 Å². The number of aromatic hydroxyl groups is 1. The first kappa shape index (κ1) is 15.1. The fourth-order valence-electron chi connectivity index (χ4n) is 2.55. The number of phenols is 1. The molecule has 0 saturated heterocycles. The van der Waals surface area contributed by atoms with Crippen LogP contribution >= 0.6 is 0 Å². The number of hydrogen-bond donors (Lipinski definition) is 3. The highest BCUT2D eigenvalue weighted by atomic mass is 16.3. The Balaban J connectivity index is 1.66. The molecule has 0 spiro atoms. The van der Waals surface area contributed by atoms with Gasteiger partial charge in [-0.15, -0.1) is 0 Å².